The van der Waals surface area contributed by atoms with E-state index in [-0.39, 0.29) is 11.8 Å². The van der Waals surface area contributed by atoms with Crippen LogP contribution in [0, 0.1) is 6.92 Å². The van der Waals surface area contributed by atoms with E-state index in [9.17, 15) is 4.79 Å². The van der Waals surface area contributed by atoms with Crippen LogP contribution in [0.2, 0.25) is 5.02 Å². The molecule has 88 valence electrons. The second-order valence-corrected chi connectivity index (χ2v) is 3.81. The van der Waals surface area contributed by atoms with Gasteiger partial charge < -0.3 is 14.8 Å². The monoisotopic (exact) mass is 252 g/mol. The summed E-state index contributed by atoms with van der Waals surface area (Å²) in [6, 6.07) is 7.07. The average Bonchev–Trinajstić information content (AvgIpc) is 2.59. The Kier molecular flexibility index (Phi) is 3.01. The number of hydrogen-bond donors (Lipinski definition) is 2. The van der Waals surface area contributed by atoms with Crippen LogP contribution in [0.15, 0.2) is 28.7 Å². The first-order chi connectivity index (χ1) is 8.06. The Morgan fingerprint density at radius 3 is 2.88 bits per heavy atom. The van der Waals surface area contributed by atoms with E-state index < -0.39 is 5.97 Å². The molecule has 0 unspecified atom stereocenters. The molecule has 0 aliphatic rings. The number of nitrogens with zero attached hydrogens (tertiary/aromatic N) is 1. The van der Waals surface area contributed by atoms with Crippen LogP contribution in [0.3, 0.4) is 0 Å². The Bertz CT molecular complexity index is 566. The van der Waals surface area contributed by atoms with Gasteiger partial charge in [-0.15, -0.1) is 0 Å². The Balaban J connectivity index is 2.25. The van der Waals surface area contributed by atoms with Gasteiger partial charge in [0.05, 0.1) is 5.69 Å². The Morgan fingerprint density at radius 1 is 1.53 bits per heavy atom. The minimum Gasteiger partial charge on any atom is -0.475 e. The first-order valence-corrected chi connectivity index (χ1v) is 5.17. The van der Waals surface area contributed by atoms with Crippen LogP contribution in [0.25, 0.3) is 0 Å². The van der Waals surface area contributed by atoms with Crippen LogP contribution in [0.4, 0.5) is 11.7 Å². The van der Waals surface area contributed by atoms with Crippen LogP contribution in [0.5, 0.6) is 0 Å². The minimum absolute atomic E-state index is 0.127. The van der Waals surface area contributed by atoms with Gasteiger partial charge in [-0.2, -0.15) is 4.98 Å². The lowest BCUT2D eigenvalue weighted by Crippen LogP contribution is -1.95. The Hall–Kier alpha value is -2.01. The highest BCUT2D eigenvalue weighted by Gasteiger charge is 2.16. The van der Waals surface area contributed by atoms with Gasteiger partial charge in [0, 0.05) is 10.7 Å². The maximum absolute atomic E-state index is 10.8. The van der Waals surface area contributed by atoms with Gasteiger partial charge in [0.1, 0.15) is 0 Å². The number of carboxylic acid groups (broad SMARTS) is 1. The molecule has 2 aromatic rings. The SMILES string of the molecule is Cc1nc(Nc2cccc(Cl)c2)oc1C(=O)O. The van der Waals surface area contributed by atoms with Crippen molar-refractivity contribution >= 4 is 29.3 Å². The summed E-state index contributed by atoms with van der Waals surface area (Å²) in [5, 5.41) is 12.2. The molecule has 2 rings (SSSR count). The lowest BCUT2D eigenvalue weighted by atomic mass is 10.3. The first kappa shape index (κ1) is 11.5. The fourth-order valence-electron chi connectivity index (χ4n) is 1.34. The summed E-state index contributed by atoms with van der Waals surface area (Å²) < 4.78 is 5.05. The molecular formula is C11H9ClN2O3. The van der Waals surface area contributed by atoms with Gasteiger partial charge in [0.15, 0.2) is 0 Å². The smallest absolute Gasteiger partial charge is 0.373 e. The molecule has 2 N–H and O–H groups in total. The van der Waals surface area contributed by atoms with Gasteiger partial charge in [-0.05, 0) is 25.1 Å². The van der Waals surface area contributed by atoms with Crippen molar-refractivity contribution in [3.8, 4) is 0 Å². The zero-order valence-corrected chi connectivity index (χ0v) is 9.65. The second kappa shape index (κ2) is 4.47. The summed E-state index contributed by atoms with van der Waals surface area (Å²) in [7, 11) is 0. The summed E-state index contributed by atoms with van der Waals surface area (Å²) in [6.45, 7) is 1.57. The summed E-state index contributed by atoms with van der Waals surface area (Å²) >= 11 is 5.81. The molecule has 5 nitrogen and oxygen atoms in total. The van der Waals surface area contributed by atoms with Gasteiger partial charge >= 0.3 is 5.97 Å². The average molecular weight is 253 g/mol. The Labute approximate surface area is 102 Å². The molecule has 0 saturated heterocycles. The molecule has 0 radical (unpaired) electrons. The first-order valence-electron chi connectivity index (χ1n) is 4.79. The third-order valence-corrected chi connectivity index (χ3v) is 2.30. The molecule has 6 heteroatoms. The van der Waals surface area contributed by atoms with Gasteiger partial charge in [0.2, 0.25) is 5.76 Å². The molecular weight excluding hydrogens is 244 g/mol. The van der Waals surface area contributed by atoms with Crippen molar-refractivity contribution in [1.29, 1.82) is 0 Å². The van der Waals surface area contributed by atoms with E-state index in [1.165, 1.54) is 0 Å². The number of halogens is 1. The largest absolute Gasteiger partial charge is 0.475 e. The molecule has 0 bridgehead atoms. The summed E-state index contributed by atoms with van der Waals surface area (Å²) in [5.41, 5.74) is 0.998. The van der Waals surface area contributed by atoms with Crippen molar-refractivity contribution in [3.05, 3.63) is 40.7 Å². The van der Waals surface area contributed by atoms with E-state index in [1.54, 1.807) is 31.2 Å². The summed E-state index contributed by atoms with van der Waals surface area (Å²) in [6.07, 6.45) is 0. The number of benzene rings is 1. The van der Waals surface area contributed by atoms with Crippen molar-refractivity contribution in [2.45, 2.75) is 6.92 Å². The number of aryl methyl sites for hydroxylation is 1. The lowest BCUT2D eigenvalue weighted by Gasteiger charge is -2.00. The third kappa shape index (κ3) is 2.57. The van der Waals surface area contributed by atoms with Crippen LogP contribution in [-0.4, -0.2) is 16.1 Å². The third-order valence-electron chi connectivity index (χ3n) is 2.07. The van der Waals surface area contributed by atoms with Gasteiger partial charge in [0.25, 0.3) is 6.01 Å². The maximum Gasteiger partial charge on any atom is 0.373 e. The van der Waals surface area contributed by atoms with Crippen molar-refractivity contribution < 1.29 is 14.3 Å². The summed E-state index contributed by atoms with van der Waals surface area (Å²) in [4.78, 5) is 14.7. The van der Waals surface area contributed by atoms with E-state index >= 15 is 0 Å². The van der Waals surface area contributed by atoms with Crippen molar-refractivity contribution in [2.24, 2.45) is 0 Å². The number of oxazole rings is 1. The molecule has 0 amide bonds. The number of rotatable bonds is 3. The number of carboxylic acids is 1. The molecule has 17 heavy (non-hydrogen) atoms. The molecule has 0 atom stereocenters. The van der Waals surface area contributed by atoms with Crippen molar-refractivity contribution in [3.63, 3.8) is 0 Å². The normalized spacial score (nSPS) is 10.2. The van der Waals surface area contributed by atoms with Crippen LogP contribution in [-0.2, 0) is 0 Å². The zero-order chi connectivity index (χ0) is 12.4. The fourth-order valence-corrected chi connectivity index (χ4v) is 1.53. The van der Waals surface area contributed by atoms with Gasteiger partial charge in [-0.3, -0.25) is 0 Å². The molecule has 0 fully saturated rings. The number of aromatic nitrogens is 1. The molecule has 1 heterocycles. The predicted molar refractivity (Wildman–Crippen MR) is 62.9 cm³/mol. The zero-order valence-electron chi connectivity index (χ0n) is 8.90. The predicted octanol–water partition coefficient (Wildman–Crippen LogP) is 3.08. The topological polar surface area (TPSA) is 75.4 Å². The molecule has 1 aromatic heterocycles. The van der Waals surface area contributed by atoms with E-state index in [2.05, 4.69) is 10.3 Å². The van der Waals surface area contributed by atoms with Crippen molar-refractivity contribution in [2.75, 3.05) is 5.32 Å². The van der Waals surface area contributed by atoms with Crippen LogP contribution >= 0.6 is 11.6 Å². The van der Waals surface area contributed by atoms with E-state index in [1.807, 2.05) is 0 Å². The number of nitrogens with one attached hydrogen (secondary N) is 1. The quantitative estimate of drug-likeness (QED) is 0.878. The number of anilines is 2. The highest BCUT2D eigenvalue weighted by molar-refractivity contribution is 6.30. The molecule has 0 aliphatic heterocycles. The van der Waals surface area contributed by atoms with Gasteiger partial charge in [-0.1, -0.05) is 17.7 Å². The fraction of sp³-hybridized carbons (Fsp3) is 0.0909. The molecule has 1 aromatic carbocycles. The highest BCUT2D eigenvalue weighted by Crippen LogP contribution is 2.21. The standard InChI is InChI=1S/C11H9ClN2O3/c1-6-9(10(15)16)17-11(13-6)14-8-4-2-3-7(12)5-8/h2-5H,1H3,(H,13,14)(H,15,16). The van der Waals surface area contributed by atoms with E-state index in [0.717, 1.165) is 0 Å². The lowest BCUT2D eigenvalue weighted by molar-refractivity contribution is 0.0662. The number of hydrogen-bond acceptors (Lipinski definition) is 4. The van der Waals surface area contributed by atoms with Crippen molar-refractivity contribution in [1.82, 2.24) is 4.98 Å². The second-order valence-electron chi connectivity index (χ2n) is 3.37. The highest BCUT2D eigenvalue weighted by atomic mass is 35.5. The Morgan fingerprint density at radius 2 is 2.29 bits per heavy atom. The number of aromatic carboxylic acids is 1. The summed E-state index contributed by atoms with van der Waals surface area (Å²) in [5.74, 6) is -1.32. The number of carbonyl (C=O) groups is 1. The van der Waals surface area contributed by atoms with Gasteiger partial charge in [-0.25, -0.2) is 4.79 Å². The van der Waals surface area contributed by atoms with E-state index in [0.29, 0.717) is 16.4 Å². The van der Waals surface area contributed by atoms with E-state index in [4.69, 9.17) is 21.1 Å². The van der Waals surface area contributed by atoms with Crippen LogP contribution < -0.4 is 5.32 Å². The molecule has 0 saturated carbocycles. The molecule has 0 aliphatic carbocycles. The minimum atomic E-state index is -1.14. The maximum atomic E-state index is 10.8. The molecule has 0 spiro atoms. The van der Waals surface area contributed by atoms with Crippen LogP contribution in [0.1, 0.15) is 16.2 Å².